The van der Waals surface area contributed by atoms with Gasteiger partial charge in [-0.3, -0.25) is 19.3 Å². The van der Waals surface area contributed by atoms with E-state index in [0.29, 0.717) is 0 Å². The second kappa shape index (κ2) is 5.08. The van der Waals surface area contributed by atoms with Crippen LogP contribution >= 0.6 is 11.8 Å². The number of carboxylic acid groups (broad SMARTS) is 1. The van der Waals surface area contributed by atoms with Gasteiger partial charge in [-0.15, -0.1) is 11.8 Å². The Hall–Kier alpha value is -1.04. The Morgan fingerprint density at radius 2 is 2.00 bits per heavy atom. The molecule has 1 saturated heterocycles. The second-order valence-corrected chi connectivity index (χ2v) is 5.63. The predicted molar refractivity (Wildman–Crippen MR) is 62.6 cm³/mol. The first-order valence-corrected chi connectivity index (χ1v) is 6.84. The monoisotopic (exact) mass is 257 g/mol. The molecule has 2 fully saturated rings. The lowest BCUT2D eigenvalue weighted by atomic mass is 10.2. The van der Waals surface area contributed by atoms with Crippen LogP contribution in [-0.4, -0.2) is 44.8 Å². The number of carbonyl (C=O) groups is 3. The summed E-state index contributed by atoms with van der Waals surface area (Å²) < 4.78 is 0. The van der Waals surface area contributed by atoms with Gasteiger partial charge in [-0.1, -0.05) is 12.8 Å². The molecule has 1 aliphatic heterocycles. The van der Waals surface area contributed by atoms with E-state index in [1.165, 1.54) is 4.90 Å². The molecule has 0 aromatic carbocycles. The fourth-order valence-electron chi connectivity index (χ4n) is 2.47. The second-order valence-electron chi connectivity index (χ2n) is 4.44. The highest BCUT2D eigenvalue weighted by atomic mass is 32.2. The van der Waals surface area contributed by atoms with Gasteiger partial charge in [0.2, 0.25) is 11.8 Å². The van der Waals surface area contributed by atoms with Crippen LogP contribution in [0.15, 0.2) is 0 Å². The maximum absolute atomic E-state index is 12.0. The Bertz CT molecular complexity index is 351. The first-order valence-electron chi connectivity index (χ1n) is 5.79. The molecular formula is C11H15NO4S. The smallest absolute Gasteiger partial charge is 0.313 e. The molecule has 1 aliphatic carbocycles. The third-order valence-corrected chi connectivity index (χ3v) is 4.42. The highest BCUT2D eigenvalue weighted by Gasteiger charge is 2.43. The molecule has 17 heavy (non-hydrogen) atoms. The normalized spacial score (nSPS) is 25.9. The van der Waals surface area contributed by atoms with E-state index >= 15 is 0 Å². The van der Waals surface area contributed by atoms with Crippen LogP contribution in [0.3, 0.4) is 0 Å². The van der Waals surface area contributed by atoms with Crippen molar-refractivity contribution >= 4 is 29.5 Å². The van der Waals surface area contributed by atoms with E-state index in [0.717, 1.165) is 37.4 Å². The number of aliphatic carboxylic acids is 1. The number of likely N-dealkylation sites (tertiary alicyclic amines) is 1. The van der Waals surface area contributed by atoms with Gasteiger partial charge in [0.05, 0.1) is 11.0 Å². The van der Waals surface area contributed by atoms with E-state index in [2.05, 4.69) is 0 Å². The Labute approximate surface area is 104 Å². The van der Waals surface area contributed by atoms with Gasteiger partial charge in [-0.05, 0) is 12.8 Å². The molecule has 0 bridgehead atoms. The van der Waals surface area contributed by atoms with Gasteiger partial charge in [0, 0.05) is 12.5 Å². The number of rotatable bonds is 4. The zero-order valence-electron chi connectivity index (χ0n) is 9.42. The van der Waals surface area contributed by atoms with Crippen molar-refractivity contribution in [3.05, 3.63) is 0 Å². The molecule has 5 nitrogen and oxygen atoms in total. The van der Waals surface area contributed by atoms with Gasteiger partial charge in [-0.25, -0.2) is 0 Å². The van der Waals surface area contributed by atoms with Crippen molar-refractivity contribution in [2.24, 2.45) is 0 Å². The number of amides is 2. The maximum Gasteiger partial charge on any atom is 0.313 e. The number of carbonyl (C=O) groups excluding carboxylic acids is 2. The Morgan fingerprint density at radius 1 is 1.35 bits per heavy atom. The summed E-state index contributed by atoms with van der Waals surface area (Å²) in [6.07, 6.45) is 4.08. The van der Waals surface area contributed by atoms with Crippen molar-refractivity contribution in [3.63, 3.8) is 0 Å². The number of imide groups is 1. The van der Waals surface area contributed by atoms with Crippen LogP contribution in [0.5, 0.6) is 0 Å². The molecule has 0 aromatic rings. The summed E-state index contributed by atoms with van der Waals surface area (Å²) >= 11 is 1.05. The molecule has 0 radical (unpaired) electrons. The largest absolute Gasteiger partial charge is 0.481 e. The van der Waals surface area contributed by atoms with Crippen LogP contribution in [0.4, 0.5) is 0 Å². The van der Waals surface area contributed by atoms with Crippen molar-refractivity contribution in [1.29, 1.82) is 0 Å². The van der Waals surface area contributed by atoms with E-state index in [4.69, 9.17) is 5.11 Å². The minimum atomic E-state index is -0.949. The lowest BCUT2D eigenvalue weighted by molar-refractivity contribution is -0.140. The van der Waals surface area contributed by atoms with Gasteiger partial charge in [-0.2, -0.15) is 0 Å². The average Bonchev–Trinajstić information content (AvgIpc) is 2.84. The SMILES string of the molecule is O=C(O)CSC1CC(=O)N(C2CCCC2)C1=O. The summed E-state index contributed by atoms with van der Waals surface area (Å²) in [5.74, 6) is -1.39. The Kier molecular flexibility index (Phi) is 3.71. The van der Waals surface area contributed by atoms with Crippen LogP contribution in [-0.2, 0) is 14.4 Å². The molecule has 1 heterocycles. The zero-order chi connectivity index (χ0) is 12.4. The number of carboxylic acids is 1. The van der Waals surface area contributed by atoms with E-state index in [1.807, 2.05) is 0 Å². The van der Waals surface area contributed by atoms with Gasteiger partial charge in [0.25, 0.3) is 0 Å². The summed E-state index contributed by atoms with van der Waals surface area (Å²) in [6.45, 7) is 0. The van der Waals surface area contributed by atoms with E-state index in [1.54, 1.807) is 0 Å². The average molecular weight is 257 g/mol. The van der Waals surface area contributed by atoms with Gasteiger partial charge in [0.1, 0.15) is 0 Å². The first-order chi connectivity index (χ1) is 8.09. The summed E-state index contributed by atoms with van der Waals surface area (Å²) in [6, 6.07) is 0.0606. The van der Waals surface area contributed by atoms with Gasteiger partial charge in [0.15, 0.2) is 0 Å². The Balaban J connectivity index is 1.98. The van der Waals surface area contributed by atoms with Crippen molar-refractivity contribution in [2.45, 2.75) is 43.4 Å². The number of hydrogen-bond donors (Lipinski definition) is 1. The summed E-state index contributed by atoms with van der Waals surface area (Å²) in [4.78, 5) is 35.6. The van der Waals surface area contributed by atoms with Crippen LogP contribution in [0, 0.1) is 0 Å². The van der Waals surface area contributed by atoms with Crippen LogP contribution in [0.25, 0.3) is 0 Å². The fourth-order valence-corrected chi connectivity index (χ4v) is 3.33. The third kappa shape index (κ3) is 2.62. The van der Waals surface area contributed by atoms with E-state index < -0.39 is 11.2 Å². The van der Waals surface area contributed by atoms with Crippen molar-refractivity contribution < 1.29 is 19.5 Å². The summed E-state index contributed by atoms with van der Waals surface area (Å²) in [5.41, 5.74) is 0. The van der Waals surface area contributed by atoms with Crippen LogP contribution in [0.2, 0.25) is 0 Å². The lowest BCUT2D eigenvalue weighted by Crippen LogP contribution is -2.39. The fraction of sp³-hybridized carbons (Fsp3) is 0.727. The third-order valence-electron chi connectivity index (χ3n) is 3.24. The molecule has 0 spiro atoms. The molecule has 1 atom stereocenters. The molecule has 2 amide bonds. The molecule has 6 heteroatoms. The first kappa shape index (κ1) is 12.4. The Morgan fingerprint density at radius 3 is 2.59 bits per heavy atom. The van der Waals surface area contributed by atoms with Crippen molar-refractivity contribution in [3.8, 4) is 0 Å². The number of hydrogen-bond acceptors (Lipinski definition) is 4. The molecule has 1 unspecified atom stereocenters. The standard InChI is InChI=1S/C11H15NO4S/c13-9-5-8(17-6-10(14)15)11(16)12(9)7-3-1-2-4-7/h7-8H,1-6H2,(H,14,15). The molecule has 2 aliphatic rings. The molecule has 94 valence electrons. The minimum Gasteiger partial charge on any atom is -0.481 e. The number of nitrogens with zero attached hydrogens (tertiary/aromatic N) is 1. The molecule has 0 aromatic heterocycles. The number of thioether (sulfide) groups is 1. The van der Waals surface area contributed by atoms with Gasteiger partial charge < -0.3 is 5.11 Å². The molecule has 1 saturated carbocycles. The topological polar surface area (TPSA) is 74.7 Å². The predicted octanol–water partition coefficient (Wildman–Crippen LogP) is 0.874. The summed E-state index contributed by atoms with van der Waals surface area (Å²) in [7, 11) is 0. The molecular weight excluding hydrogens is 242 g/mol. The van der Waals surface area contributed by atoms with E-state index in [-0.39, 0.29) is 30.0 Å². The summed E-state index contributed by atoms with van der Waals surface area (Å²) in [5, 5.41) is 8.09. The highest BCUT2D eigenvalue weighted by Crippen LogP contribution is 2.32. The molecule has 1 N–H and O–H groups in total. The highest BCUT2D eigenvalue weighted by molar-refractivity contribution is 8.01. The quantitative estimate of drug-likeness (QED) is 0.756. The maximum atomic E-state index is 12.0. The lowest BCUT2D eigenvalue weighted by Gasteiger charge is -2.21. The zero-order valence-corrected chi connectivity index (χ0v) is 10.2. The van der Waals surface area contributed by atoms with Gasteiger partial charge >= 0.3 is 5.97 Å². The van der Waals surface area contributed by atoms with Crippen LogP contribution < -0.4 is 0 Å². The van der Waals surface area contributed by atoms with Crippen molar-refractivity contribution in [2.75, 3.05) is 5.75 Å². The van der Waals surface area contributed by atoms with Crippen molar-refractivity contribution in [1.82, 2.24) is 4.90 Å². The van der Waals surface area contributed by atoms with Crippen LogP contribution in [0.1, 0.15) is 32.1 Å². The van der Waals surface area contributed by atoms with E-state index in [9.17, 15) is 14.4 Å². The minimum absolute atomic E-state index is 0.0606. The molecule has 2 rings (SSSR count).